The van der Waals surface area contributed by atoms with Crippen LogP contribution in [0.15, 0.2) is 22.8 Å². The summed E-state index contributed by atoms with van der Waals surface area (Å²) in [6.45, 7) is 4.20. The van der Waals surface area contributed by atoms with E-state index in [0.717, 1.165) is 0 Å². The van der Waals surface area contributed by atoms with Gasteiger partial charge >= 0.3 is 5.97 Å². The lowest BCUT2D eigenvalue weighted by Crippen LogP contribution is -2.07. The highest BCUT2D eigenvalue weighted by atomic mass is 16.5. The minimum Gasteiger partial charge on any atom is -0.466 e. The third-order valence-electron chi connectivity index (χ3n) is 1.53. The Morgan fingerprint density at radius 2 is 2.38 bits per heavy atom. The van der Waals surface area contributed by atoms with E-state index in [9.17, 15) is 4.79 Å². The Hall–Kier alpha value is -1.25. The molecular formula is C10H14O3. The Bertz CT molecular complexity index is 249. The van der Waals surface area contributed by atoms with Crippen LogP contribution < -0.4 is 0 Å². The van der Waals surface area contributed by atoms with Gasteiger partial charge in [-0.3, -0.25) is 4.79 Å². The number of ether oxygens (including phenoxy) is 1. The normalized spacial score (nSPS) is 10.4. The van der Waals surface area contributed by atoms with E-state index in [4.69, 9.17) is 9.15 Å². The van der Waals surface area contributed by atoms with Crippen LogP contribution in [0.3, 0.4) is 0 Å². The molecule has 0 atom stereocenters. The van der Waals surface area contributed by atoms with Crippen LogP contribution in [0.1, 0.15) is 26.0 Å². The van der Waals surface area contributed by atoms with Crippen molar-refractivity contribution in [1.82, 2.24) is 0 Å². The van der Waals surface area contributed by atoms with Gasteiger partial charge in [0, 0.05) is 6.42 Å². The molecule has 0 N–H and O–H groups in total. The Morgan fingerprint density at radius 1 is 1.62 bits per heavy atom. The summed E-state index contributed by atoms with van der Waals surface area (Å²) in [7, 11) is 0. The second-order valence-electron chi connectivity index (χ2n) is 3.34. The zero-order chi connectivity index (χ0) is 9.68. The molecule has 0 aliphatic heterocycles. The zero-order valence-corrected chi connectivity index (χ0v) is 7.95. The SMILES string of the molecule is CC(C)CC(=O)OCc1ccco1. The van der Waals surface area contributed by atoms with E-state index in [1.807, 2.05) is 13.8 Å². The molecule has 13 heavy (non-hydrogen) atoms. The molecule has 0 spiro atoms. The maximum Gasteiger partial charge on any atom is 0.306 e. The molecule has 0 aliphatic carbocycles. The van der Waals surface area contributed by atoms with Crippen LogP contribution in [0.2, 0.25) is 0 Å². The highest BCUT2D eigenvalue weighted by Gasteiger charge is 2.06. The molecule has 0 aromatic carbocycles. The average molecular weight is 182 g/mol. The monoisotopic (exact) mass is 182 g/mol. The molecule has 1 aromatic rings. The maximum absolute atomic E-state index is 11.1. The van der Waals surface area contributed by atoms with Gasteiger partial charge in [0.1, 0.15) is 12.4 Å². The molecule has 1 heterocycles. The van der Waals surface area contributed by atoms with Crippen molar-refractivity contribution in [3.8, 4) is 0 Å². The maximum atomic E-state index is 11.1. The zero-order valence-electron chi connectivity index (χ0n) is 7.95. The van der Waals surface area contributed by atoms with Crippen molar-refractivity contribution in [2.45, 2.75) is 26.9 Å². The predicted octanol–water partition coefficient (Wildman–Crippen LogP) is 2.37. The molecule has 0 saturated carbocycles. The topological polar surface area (TPSA) is 39.4 Å². The molecule has 0 amide bonds. The molecule has 0 unspecified atom stereocenters. The quantitative estimate of drug-likeness (QED) is 0.671. The highest BCUT2D eigenvalue weighted by molar-refractivity contribution is 5.69. The number of hydrogen-bond donors (Lipinski definition) is 0. The molecule has 0 saturated heterocycles. The van der Waals surface area contributed by atoms with Gasteiger partial charge in [-0.15, -0.1) is 0 Å². The molecular weight excluding hydrogens is 168 g/mol. The van der Waals surface area contributed by atoms with E-state index in [1.165, 1.54) is 0 Å². The van der Waals surface area contributed by atoms with Crippen molar-refractivity contribution < 1.29 is 13.9 Å². The van der Waals surface area contributed by atoms with Gasteiger partial charge in [0.2, 0.25) is 0 Å². The smallest absolute Gasteiger partial charge is 0.306 e. The summed E-state index contributed by atoms with van der Waals surface area (Å²) >= 11 is 0. The van der Waals surface area contributed by atoms with Crippen molar-refractivity contribution in [3.05, 3.63) is 24.2 Å². The first kappa shape index (κ1) is 9.84. The molecule has 0 radical (unpaired) electrons. The van der Waals surface area contributed by atoms with E-state index in [-0.39, 0.29) is 12.6 Å². The lowest BCUT2D eigenvalue weighted by molar-refractivity contribution is -0.146. The second kappa shape index (κ2) is 4.70. The van der Waals surface area contributed by atoms with Crippen LogP contribution in [0.25, 0.3) is 0 Å². The molecule has 1 rings (SSSR count). The highest BCUT2D eigenvalue weighted by Crippen LogP contribution is 2.05. The van der Waals surface area contributed by atoms with Gasteiger partial charge in [-0.25, -0.2) is 0 Å². The van der Waals surface area contributed by atoms with Crippen LogP contribution in [0.4, 0.5) is 0 Å². The summed E-state index contributed by atoms with van der Waals surface area (Å²) in [6.07, 6.45) is 2.02. The van der Waals surface area contributed by atoms with E-state index in [0.29, 0.717) is 18.1 Å². The third-order valence-corrected chi connectivity index (χ3v) is 1.53. The number of carbonyl (C=O) groups excluding carboxylic acids is 1. The summed E-state index contributed by atoms with van der Waals surface area (Å²) < 4.78 is 9.98. The first-order valence-electron chi connectivity index (χ1n) is 4.36. The molecule has 3 nitrogen and oxygen atoms in total. The Kier molecular flexibility index (Phi) is 3.55. The summed E-state index contributed by atoms with van der Waals surface area (Å²) in [6, 6.07) is 3.55. The first-order chi connectivity index (χ1) is 6.18. The van der Waals surface area contributed by atoms with Gasteiger partial charge < -0.3 is 9.15 Å². The number of esters is 1. The molecule has 1 aromatic heterocycles. The van der Waals surface area contributed by atoms with Crippen LogP contribution in [-0.2, 0) is 16.1 Å². The standard InChI is InChI=1S/C10H14O3/c1-8(2)6-10(11)13-7-9-4-3-5-12-9/h3-5,8H,6-7H2,1-2H3. The van der Waals surface area contributed by atoms with E-state index >= 15 is 0 Å². The summed E-state index contributed by atoms with van der Waals surface area (Å²) in [5, 5.41) is 0. The molecule has 72 valence electrons. The van der Waals surface area contributed by atoms with E-state index in [2.05, 4.69) is 0 Å². The largest absolute Gasteiger partial charge is 0.466 e. The predicted molar refractivity (Wildman–Crippen MR) is 48.0 cm³/mol. The fourth-order valence-electron chi connectivity index (χ4n) is 0.939. The van der Waals surface area contributed by atoms with Gasteiger partial charge in [0.25, 0.3) is 0 Å². The molecule has 3 heteroatoms. The van der Waals surface area contributed by atoms with Gasteiger partial charge in [0.05, 0.1) is 6.26 Å². The van der Waals surface area contributed by atoms with Crippen molar-refractivity contribution in [3.63, 3.8) is 0 Å². The lowest BCUT2D eigenvalue weighted by Gasteiger charge is -2.04. The van der Waals surface area contributed by atoms with Crippen LogP contribution in [-0.4, -0.2) is 5.97 Å². The van der Waals surface area contributed by atoms with E-state index < -0.39 is 0 Å². The number of hydrogen-bond acceptors (Lipinski definition) is 3. The van der Waals surface area contributed by atoms with Crippen molar-refractivity contribution in [2.24, 2.45) is 5.92 Å². The number of rotatable bonds is 4. The van der Waals surface area contributed by atoms with Gasteiger partial charge in [-0.2, -0.15) is 0 Å². The number of carbonyl (C=O) groups is 1. The van der Waals surface area contributed by atoms with Crippen molar-refractivity contribution in [2.75, 3.05) is 0 Å². The van der Waals surface area contributed by atoms with Gasteiger partial charge in [-0.05, 0) is 18.1 Å². The lowest BCUT2D eigenvalue weighted by atomic mass is 10.1. The Morgan fingerprint density at radius 3 is 2.92 bits per heavy atom. The van der Waals surface area contributed by atoms with Crippen LogP contribution in [0.5, 0.6) is 0 Å². The minimum atomic E-state index is -0.175. The summed E-state index contributed by atoms with van der Waals surface area (Å²) in [5.74, 6) is 0.840. The second-order valence-corrected chi connectivity index (χ2v) is 3.34. The first-order valence-corrected chi connectivity index (χ1v) is 4.36. The van der Waals surface area contributed by atoms with Crippen molar-refractivity contribution in [1.29, 1.82) is 0 Å². The summed E-state index contributed by atoms with van der Waals surface area (Å²) in [5.41, 5.74) is 0. The van der Waals surface area contributed by atoms with E-state index in [1.54, 1.807) is 18.4 Å². The van der Waals surface area contributed by atoms with Crippen LogP contribution in [0, 0.1) is 5.92 Å². The molecule has 0 fully saturated rings. The minimum absolute atomic E-state index is 0.175. The summed E-state index contributed by atoms with van der Waals surface area (Å²) in [4.78, 5) is 11.1. The molecule has 0 bridgehead atoms. The average Bonchev–Trinajstić information content (AvgIpc) is 2.51. The number of furan rings is 1. The van der Waals surface area contributed by atoms with Gasteiger partial charge in [-0.1, -0.05) is 13.8 Å². The van der Waals surface area contributed by atoms with Gasteiger partial charge in [0.15, 0.2) is 0 Å². The van der Waals surface area contributed by atoms with Crippen molar-refractivity contribution >= 4 is 5.97 Å². The third kappa shape index (κ3) is 3.78. The fourth-order valence-corrected chi connectivity index (χ4v) is 0.939. The molecule has 0 aliphatic rings. The Balaban J connectivity index is 2.23. The van der Waals surface area contributed by atoms with Crippen LogP contribution >= 0.6 is 0 Å². The fraction of sp³-hybridized carbons (Fsp3) is 0.500. The Labute approximate surface area is 77.7 Å².